The van der Waals surface area contributed by atoms with Crippen molar-refractivity contribution in [1.82, 2.24) is 15.3 Å². The smallest absolute Gasteiger partial charge is 0.319 e. The molecule has 6 heteroatoms. The van der Waals surface area contributed by atoms with Crippen molar-refractivity contribution in [3.05, 3.63) is 48.4 Å². The molecule has 0 saturated carbocycles. The number of hydrogen-bond acceptors (Lipinski definition) is 4. The zero-order valence-corrected chi connectivity index (χ0v) is 12.1. The van der Waals surface area contributed by atoms with Gasteiger partial charge in [-0.15, -0.1) is 0 Å². The number of nitrogens with zero attached hydrogens (tertiary/aromatic N) is 2. The Labute approximate surface area is 124 Å². The third-order valence-electron chi connectivity index (χ3n) is 2.62. The van der Waals surface area contributed by atoms with Crippen LogP contribution in [0.4, 0.5) is 16.3 Å². The summed E-state index contributed by atoms with van der Waals surface area (Å²) >= 11 is 0. The predicted molar refractivity (Wildman–Crippen MR) is 83.1 cm³/mol. The summed E-state index contributed by atoms with van der Waals surface area (Å²) < 4.78 is 0. The second-order valence-electron chi connectivity index (χ2n) is 4.86. The molecule has 3 N–H and O–H groups in total. The van der Waals surface area contributed by atoms with Crippen molar-refractivity contribution < 1.29 is 4.79 Å². The number of aromatic nitrogens is 2. The average molecular weight is 285 g/mol. The van der Waals surface area contributed by atoms with Crippen molar-refractivity contribution in [2.75, 3.05) is 10.6 Å². The van der Waals surface area contributed by atoms with E-state index in [0.29, 0.717) is 12.2 Å². The maximum Gasteiger partial charge on any atom is 0.319 e. The van der Waals surface area contributed by atoms with Gasteiger partial charge in [0.15, 0.2) is 0 Å². The Morgan fingerprint density at radius 3 is 2.67 bits per heavy atom. The van der Waals surface area contributed by atoms with E-state index in [0.717, 1.165) is 11.5 Å². The predicted octanol–water partition coefficient (Wildman–Crippen LogP) is 2.62. The van der Waals surface area contributed by atoms with Gasteiger partial charge in [-0.3, -0.25) is 4.98 Å². The molecule has 0 fully saturated rings. The number of urea groups is 1. The molecule has 0 aromatic carbocycles. The van der Waals surface area contributed by atoms with Crippen molar-refractivity contribution in [3.8, 4) is 0 Å². The summed E-state index contributed by atoms with van der Waals surface area (Å²) in [5, 5.41) is 8.64. The standard InChI is InChI=1S/C15H19N5O/c1-11(2)19-15(21)20-13-6-7-14(18-10-13)17-9-12-5-3-4-8-16-12/h3-8,10-11H,9H2,1-2H3,(H,17,18)(H2,19,20,21). The van der Waals surface area contributed by atoms with Gasteiger partial charge >= 0.3 is 6.03 Å². The number of rotatable bonds is 5. The molecule has 110 valence electrons. The molecule has 2 amide bonds. The Morgan fingerprint density at radius 1 is 1.19 bits per heavy atom. The van der Waals surface area contributed by atoms with Crippen LogP contribution >= 0.6 is 0 Å². The Morgan fingerprint density at radius 2 is 2.05 bits per heavy atom. The lowest BCUT2D eigenvalue weighted by Crippen LogP contribution is -2.34. The van der Waals surface area contributed by atoms with Crippen molar-refractivity contribution in [2.24, 2.45) is 0 Å². The molecule has 2 aromatic heterocycles. The highest BCUT2D eigenvalue weighted by atomic mass is 16.2. The van der Waals surface area contributed by atoms with E-state index in [2.05, 4.69) is 25.9 Å². The molecule has 0 bridgehead atoms. The first-order valence-corrected chi connectivity index (χ1v) is 6.81. The Bertz CT molecular complexity index is 568. The molecule has 21 heavy (non-hydrogen) atoms. The quantitative estimate of drug-likeness (QED) is 0.789. The highest BCUT2D eigenvalue weighted by molar-refractivity contribution is 5.89. The van der Waals surface area contributed by atoms with Crippen molar-refractivity contribution in [2.45, 2.75) is 26.4 Å². The number of nitrogens with one attached hydrogen (secondary N) is 3. The van der Waals surface area contributed by atoms with Crippen LogP contribution in [0.5, 0.6) is 0 Å². The van der Waals surface area contributed by atoms with Gasteiger partial charge in [0.05, 0.1) is 24.1 Å². The van der Waals surface area contributed by atoms with Gasteiger partial charge in [-0.2, -0.15) is 0 Å². The fourth-order valence-corrected chi connectivity index (χ4v) is 1.69. The molecular formula is C15H19N5O. The second-order valence-corrected chi connectivity index (χ2v) is 4.86. The van der Waals surface area contributed by atoms with E-state index in [9.17, 15) is 4.79 Å². The molecule has 0 saturated heterocycles. The molecule has 0 atom stereocenters. The molecule has 2 rings (SSSR count). The maximum atomic E-state index is 11.5. The topological polar surface area (TPSA) is 78.9 Å². The van der Waals surface area contributed by atoms with E-state index < -0.39 is 0 Å². The summed E-state index contributed by atoms with van der Waals surface area (Å²) in [6.07, 6.45) is 3.37. The number of amides is 2. The number of hydrogen-bond donors (Lipinski definition) is 3. The van der Waals surface area contributed by atoms with Crippen molar-refractivity contribution in [3.63, 3.8) is 0 Å². The highest BCUT2D eigenvalue weighted by Gasteiger charge is 2.03. The lowest BCUT2D eigenvalue weighted by Gasteiger charge is -2.10. The zero-order chi connectivity index (χ0) is 15.1. The highest BCUT2D eigenvalue weighted by Crippen LogP contribution is 2.10. The second kappa shape index (κ2) is 7.23. The third-order valence-corrected chi connectivity index (χ3v) is 2.62. The van der Waals surface area contributed by atoms with E-state index in [-0.39, 0.29) is 12.1 Å². The van der Waals surface area contributed by atoms with Gasteiger partial charge in [-0.25, -0.2) is 9.78 Å². The molecule has 0 spiro atoms. The monoisotopic (exact) mass is 285 g/mol. The molecule has 2 heterocycles. The SMILES string of the molecule is CC(C)NC(=O)Nc1ccc(NCc2ccccn2)nc1. The van der Waals surface area contributed by atoms with Crippen LogP contribution in [0.1, 0.15) is 19.5 Å². The summed E-state index contributed by atoms with van der Waals surface area (Å²) in [6, 6.07) is 9.24. The van der Waals surface area contributed by atoms with Crippen molar-refractivity contribution in [1.29, 1.82) is 0 Å². The van der Waals surface area contributed by atoms with Gasteiger partial charge in [0.1, 0.15) is 5.82 Å². The van der Waals surface area contributed by atoms with Gasteiger partial charge in [-0.1, -0.05) is 6.07 Å². The molecule has 0 radical (unpaired) electrons. The largest absolute Gasteiger partial charge is 0.364 e. The average Bonchev–Trinajstić information content (AvgIpc) is 2.47. The first-order valence-electron chi connectivity index (χ1n) is 6.81. The fraction of sp³-hybridized carbons (Fsp3) is 0.267. The number of pyridine rings is 2. The van der Waals surface area contributed by atoms with Gasteiger partial charge in [0, 0.05) is 12.2 Å². The lowest BCUT2D eigenvalue weighted by molar-refractivity contribution is 0.250. The minimum absolute atomic E-state index is 0.0947. The van der Waals surface area contributed by atoms with Crippen LogP contribution in [0.15, 0.2) is 42.7 Å². The fourth-order valence-electron chi connectivity index (χ4n) is 1.69. The van der Waals surface area contributed by atoms with Crippen LogP contribution in [0.2, 0.25) is 0 Å². The lowest BCUT2D eigenvalue weighted by atomic mass is 10.3. The van der Waals surface area contributed by atoms with E-state index in [4.69, 9.17) is 0 Å². The molecule has 0 aliphatic rings. The third kappa shape index (κ3) is 5.10. The normalized spacial score (nSPS) is 10.2. The van der Waals surface area contributed by atoms with Crippen LogP contribution in [-0.4, -0.2) is 22.0 Å². The van der Waals surface area contributed by atoms with Crippen LogP contribution in [0.25, 0.3) is 0 Å². The van der Waals surface area contributed by atoms with Gasteiger partial charge in [-0.05, 0) is 38.1 Å². The molecule has 0 aliphatic heterocycles. The zero-order valence-electron chi connectivity index (χ0n) is 12.1. The Kier molecular flexibility index (Phi) is 5.09. The summed E-state index contributed by atoms with van der Waals surface area (Å²) in [5.74, 6) is 0.732. The van der Waals surface area contributed by atoms with E-state index in [1.54, 1.807) is 18.5 Å². The molecule has 2 aromatic rings. The Hall–Kier alpha value is -2.63. The van der Waals surface area contributed by atoms with E-state index >= 15 is 0 Å². The van der Waals surface area contributed by atoms with Gasteiger partial charge in [0.25, 0.3) is 0 Å². The number of anilines is 2. The molecule has 0 unspecified atom stereocenters. The first kappa shape index (κ1) is 14.8. The number of carbonyl (C=O) groups is 1. The van der Waals surface area contributed by atoms with Crippen LogP contribution < -0.4 is 16.0 Å². The van der Waals surface area contributed by atoms with E-state index in [1.165, 1.54) is 0 Å². The number of carbonyl (C=O) groups excluding carboxylic acids is 1. The van der Waals surface area contributed by atoms with E-state index in [1.807, 2.05) is 38.1 Å². The summed E-state index contributed by atoms with van der Waals surface area (Å²) in [6.45, 7) is 4.42. The summed E-state index contributed by atoms with van der Waals surface area (Å²) in [7, 11) is 0. The summed E-state index contributed by atoms with van der Waals surface area (Å²) in [5.41, 5.74) is 1.59. The molecular weight excluding hydrogens is 266 g/mol. The minimum Gasteiger partial charge on any atom is -0.364 e. The Balaban J connectivity index is 1.86. The molecule has 0 aliphatic carbocycles. The van der Waals surface area contributed by atoms with Crippen LogP contribution in [-0.2, 0) is 6.54 Å². The summed E-state index contributed by atoms with van der Waals surface area (Å²) in [4.78, 5) is 20.0. The van der Waals surface area contributed by atoms with Crippen LogP contribution in [0.3, 0.4) is 0 Å². The van der Waals surface area contributed by atoms with Gasteiger partial charge in [0.2, 0.25) is 0 Å². The maximum absolute atomic E-state index is 11.5. The minimum atomic E-state index is -0.235. The van der Waals surface area contributed by atoms with Crippen LogP contribution in [0, 0.1) is 0 Å². The molecule has 6 nitrogen and oxygen atoms in total. The van der Waals surface area contributed by atoms with Gasteiger partial charge < -0.3 is 16.0 Å². The van der Waals surface area contributed by atoms with Crippen molar-refractivity contribution >= 4 is 17.5 Å². The first-order chi connectivity index (χ1) is 10.1.